The van der Waals surface area contributed by atoms with E-state index < -0.39 is 0 Å². The van der Waals surface area contributed by atoms with Crippen LogP contribution in [0.2, 0.25) is 0 Å². The normalized spacial score (nSPS) is 9.81. The van der Waals surface area contributed by atoms with Crippen molar-refractivity contribution in [2.45, 2.75) is 12.8 Å². The molecule has 0 spiro atoms. The Bertz CT molecular complexity index is 374. The van der Waals surface area contributed by atoms with Crippen LogP contribution in [0.15, 0.2) is 18.2 Å². The minimum Gasteiger partial charge on any atom is -0.496 e. The lowest BCUT2D eigenvalue weighted by molar-refractivity contribution is 0.407. The first-order valence-corrected chi connectivity index (χ1v) is 5.18. The molecule has 16 heavy (non-hydrogen) atoms. The van der Waals surface area contributed by atoms with Crippen LogP contribution < -0.4 is 10.1 Å². The Morgan fingerprint density at radius 3 is 2.94 bits per heavy atom. The molecular weight excluding hydrogens is 207 g/mol. The van der Waals surface area contributed by atoms with Gasteiger partial charge in [0.2, 0.25) is 0 Å². The maximum absolute atomic E-state index is 13.0. The molecule has 86 valence electrons. The van der Waals surface area contributed by atoms with Gasteiger partial charge in [0.05, 0.1) is 13.2 Å². The second kappa shape index (κ2) is 6.81. The summed E-state index contributed by atoms with van der Waals surface area (Å²) >= 11 is 0. The zero-order valence-corrected chi connectivity index (χ0v) is 9.29. The highest BCUT2D eigenvalue weighted by Gasteiger charge is 2.03. The van der Waals surface area contributed by atoms with E-state index in [1.165, 1.54) is 12.1 Å². The smallest absolute Gasteiger partial charge is 0.123 e. The van der Waals surface area contributed by atoms with Crippen molar-refractivity contribution in [1.82, 2.24) is 5.32 Å². The number of halogens is 1. The molecule has 0 bridgehead atoms. The molecule has 1 aromatic carbocycles. The van der Waals surface area contributed by atoms with Gasteiger partial charge in [0.1, 0.15) is 11.6 Å². The highest BCUT2D eigenvalue weighted by molar-refractivity contribution is 5.34. The summed E-state index contributed by atoms with van der Waals surface area (Å²) in [5, 5.41) is 11.4. The molecule has 0 unspecified atom stereocenters. The van der Waals surface area contributed by atoms with Gasteiger partial charge in [-0.05, 0) is 36.7 Å². The van der Waals surface area contributed by atoms with Crippen LogP contribution in [0.25, 0.3) is 0 Å². The predicted molar refractivity (Wildman–Crippen MR) is 59.8 cm³/mol. The lowest BCUT2D eigenvalue weighted by Crippen LogP contribution is -2.18. The van der Waals surface area contributed by atoms with Gasteiger partial charge in [-0.2, -0.15) is 5.26 Å². The van der Waals surface area contributed by atoms with E-state index in [0.29, 0.717) is 31.7 Å². The molecule has 0 aliphatic rings. The fraction of sp³-hybridized carbons (Fsp3) is 0.417. The van der Waals surface area contributed by atoms with Crippen molar-refractivity contribution in [3.63, 3.8) is 0 Å². The molecule has 0 aliphatic heterocycles. The molecule has 0 atom stereocenters. The van der Waals surface area contributed by atoms with Crippen molar-refractivity contribution >= 4 is 0 Å². The van der Waals surface area contributed by atoms with Crippen molar-refractivity contribution < 1.29 is 9.13 Å². The third-order valence-corrected chi connectivity index (χ3v) is 2.23. The quantitative estimate of drug-likeness (QED) is 0.747. The molecule has 0 amide bonds. The zero-order valence-electron chi connectivity index (χ0n) is 9.29. The van der Waals surface area contributed by atoms with Crippen molar-refractivity contribution in [1.29, 1.82) is 5.26 Å². The van der Waals surface area contributed by atoms with Gasteiger partial charge in [0.25, 0.3) is 0 Å². The Morgan fingerprint density at radius 2 is 2.25 bits per heavy atom. The van der Waals surface area contributed by atoms with Crippen molar-refractivity contribution in [2.24, 2.45) is 0 Å². The van der Waals surface area contributed by atoms with Crippen LogP contribution in [0.5, 0.6) is 5.75 Å². The fourth-order valence-electron chi connectivity index (χ4n) is 1.43. The van der Waals surface area contributed by atoms with E-state index >= 15 is 0 Å². The number of nitrogens with one attached hydrogen (secondary N) is 1. The molecular formula is C12H15FN2O. The second-order valence-electron chi connectivity index (χ2n) is 3.36. The number of methoxy groups -OCH3 is 1. The molecule has 0 heterocycles. The van der Waals surface area contributed by atoms with Crippen LogP contribution >= 0.6 is 0 Å². The van der Waals surface area contributed by atoms with Crippen LogP contribution in [0, 0.1) is 17.1 Å². The summed E-state index contributed by atoms with van der Waals surface area (Å²) in [6.07, 6.45) is 1.17. The number of rotatable bonds is 6. The molecule has 0 fully saturated rings. The first kappa shape index (κ1) is 12.5. The average molecular weight is 222 g/mol. The first-order chi connectivity index (χ1) is 7.77. The van der Waals surface area contributed by atoms with Gasteiger partial charge >= 0.3 is 0 Å². The summed E-state index contributed by atoms with van der Waals surface area (Å²) < 4.78 is 18.1. The Balaban J connectivity index is 2.46. The number of hydrogen-bond donors (Lipinski definition) is 1. The van der Waals surface area contributed by atoms with Gasteiger partial charge < -0.3 is 10.1 Å². The number of benzene rings is 1. The van der Waals surface area contributed by atoms with Gasteiger partial charge in [-0.25, -0.2) is 4.39 Å². The van der Waals surface area contributed by atoms with E-state index in [9.17, 15) is 4.39 Å². The zero-order chi connectivity index (χ0) is 11.8. The van der Waals surface area contributed by atoms with E-state index in [1.807, 2.05) is 0 Å². The number of nitrogens with zero attached hydrogens (tertiary/aromatic N) is 1. The summed E-state index contributed by atoms with van der Waals surface area (Å²) in [5.41, 5.74) is 0.840. The van der Waals surface area contributed by atoms with Crippen molar-refractivity contribution in [3.8, 4) is 11.8 Å². The Labute approximate surface area is 94.8 Å². The largest absolute Gasteiger partial charge is 0.496 e. The summed E-state index contributed by atoms with van der Waals surface area (Å²) in [6.45, 7) is 1.37. The topological polar surface area (TPSA) is 45.0 Å². The fourth-order valence-corrected chi connectivity index (χ4v) is 1.43. The summed E-state index contributed by atoms with van der Waals surface area (Å²) in [6, 6.07) is 6.53. The molecule has 1 rings (SSSR count). The molecule has 0 saturated heterocycles. The molecule has 0 radical (unpaired) electrons. The third-order valence-electron chi connectivity index (χ3n) is 2.23. The molecule has 0 aliphatic carbocycles. The van der Waals surface area contributed by atoms with Crippen LogP contribution in [-0.4, -0.2) is 20.2 Å². The molecule has 3 nitrogen and oxygen atoms in total. The van der Waals surface area contributed by atoms with E-state index in [2.05, 4.69) is 11.4 Å². The maximum Gasteiger partial charge on any atom is 0.123 e. The summed E-state index contributed by atoms with van der Waals surface area (Å²) in [4.78, 5) is 0. The SMILES string of the molecule is COc1ccc(F)cc1CCNCCC#N. The lowest BCUT2D eigenvalue weighted by atomic mass is 10.1. The number of nitriles is 1. The second-order valence-corrected chi connectivity index (χ2v) is 3.36. The Morgan fingerprint density at radius 1 is 1.44 bits per heavy atom. The monoisotopic (exact) mass is 222 g/mol. The summed E-state index contributed by atoms with van der Waals surface area (Å²) in [7, 11) is 1.57. The van der Waals surface area contributed by atoms with Gasteiger partial charge in [0.15, 0.2) is 0 Å². The number of ether oxygens (including phenoxy) is 1. The Hall–Kier alpha value is -1.60. The van der Waals surface area contributed by atoms with E-state index in [4.69, 9.17) is 10.00 Å². The summed E-state index contributed by atoms with van der Waals surface area (Å²) in [5.74, 6) is 0.441. The minimum atomic E-state index is -0.257. The maximum atomic E-state index is 13.0. The average Bonchev–Trinajstić information content (AvgIpc) is 2.29. The van der Waals surface area contributed by atoms with Crippen LogP contribution in [0.1, 0.15) is 12.0 Å². The van der Waals surface area contributed by atoms with Crippen LogP contribution in [-0.2, 0) is 6.42 Å². The highest BCUT2D eigenvalue weighted by atomic mass is 19.1. The lowest BCUT2D eigenvalue weighted by Gasteiger charge is -2.08. The van der Waals surface area contributed by atoms with Gasteiger partial charge in [0, 0.05) is 13.0 Å². The molecule has 4 heteroatoms. The molecule has 0 saturated carbocycles. The standard InChI is InChI=1S/C12H15FN2O/c1-16-12-4-3-11(13)9-10(12)5-8-15-7-2-6-14/h3-4,9,15H,2,5,7-8H2,1H3. The molecule has 0 aromatic heterocycles. The van der Waals surface area contributed by atoms with Gasteiger partial charge in [-0.1, -0.05) is 0 Å². The Kier molecular flexibility index (Phi) is 5.30. The predicted octanol–water partition coefficient (Wildman–Crippen LogP) is 1.88. The third kappa shape index (κ3) is 3.87. The number of hydrogen-bond acceptors (Lipinski definition) is 3. The van der Waals surface area contributed by atoms with Crippen LogP contribution in [0.4, 0.5) is 4.39 Å². The van der Waals surface area contributed by atoms with Gasteiger partial charge in [-0.15, -0.1) is 0 Å². The van der Waals surface area contributed by atoms with Crippen molar-refractivity contribution in [2.75, 3.05) is 20.2 Å². The van der Waals surface area contributed by atoms with E-state index in [1.54, 1.807) is 13.2 Å². The van der Waals surface area contributed by atoms with Crippen LogP contribution in [0.3, 0.4) is 0 Å². The van der Waals surface area contributed by atoms with Gasteiger partial charge in [-0.3, -0.25) is 0 Å². The van der Waals surface area contributed by atoms with E-state index in [0.717, 1.165) is 5.56 Å². The molecule has 1 N–H and O–H groups in total. The minimum absolute atomic E-state index is 0.257. The first-order valence-electron chi connectivity index (χ1n) is 5.18. The van der Waals surface area contributed by atoms with E-state index in [-0.39, 0.29) is 5.82 Å². The highest BCUT2D eigenvalue weighted by Crippen LogP contribution is 2.19. The van der Waals surface area contributed by atoms with Crippen molar-refractivity contribution in [3.05, 3.63) is 29.6 Å². The molecule has 1 aromatic rings.